The van der Waals surface area contributed by atoms with E-state index in [2.05, 4.69) is 31.3 Å². The van der Waals surface area contributed by atoms with Gasteiger partial charge < -0.3 is 16.4 Å². The Hall–Kier alpha value is -2.87. The molecule has 2 heterocycles. The van der Waals surface area contributed by atoms with Gasteiger partial charge in [-0.2, -0.15) is 18.3 Å². The molecule has 1 saturated carbocycles. The van der Waals surface area contributed by atoms with Crippen molar-refractivity contribution in [1.29, 1.82) is 0 Å². The molecule has 0 radical (unpaired) electrons. The number of rotatable bonds is 10. The monoisotopic (exact) mass is 633 g/mol. The molecule has 4 unspecified atom stereocenters. The van der Waals surface area contributed by atoms with E-state index >= 15 is 0 Å². The van der Waals surface area contributed by atoms with E-state index in [1.165, 1.54) is 16.9 Å². The first-order valence-electron chi connectivity index (χ1n) is 12.8. The number of carbonyl (C=O) groups excluding carboxylic acids is 1. The molecule has 10 nitrogen and oxygen atoms in total. The van der Waals surface area contributed by atoms with Crippen LogP contribution in [-0.2, 0) is 12.7 Å². The van der Waals surface area contributed by atoms with Gasteiger partial charge in [0.2, 0.25) is 0 Å². The molecule has 0 bridgehead atoms. The Labute approximate surface area is 249 Å². The van der Waals surface area contributed by atoms with Crippen molar-refractivity contribution >= 4 is 40.7 Å². The molecule has 4 rings (SSSR count). The summed E-state index contributed by atoms with van der Waals surface area (Å²) in [6.45, 7) is 5.51. The molecule has 0 aliphatic heterocycles. The van der Waals surface area contributed by atoms with Crippen LogP contribution in [0, 0.1) is 5.92 Å². The van der Waals surface area contributed by atoms with Crippen LogP contribution in [0.3, 0.4) is 0 Å². The summed E-state index contributed by atoms with van der Waals surface area (Å²) < 4.78 is 42.1. The Morgan fingerprint density at radius 1 is 1.32 bits per heavy atom. The van der Waals surface area contributed by atoms with Crippen molar-refractivity contribution in [2.24, 2.45) is 11.7 Å². The van der Waals surface area contributed by atoms with Crippen molar-refractivity contribution in [2.75, 3.05) is 0 Å². The quantitative estimate of drug-likeness (QED) is 0.258. The van der Waals surface area contributed by atoms with Gasteiger partial charge in [0.1, 0.15) is 5.69 Å². The van der Waals surface area contributed by atoms with Crippen molar-refractivity contribution in [3.05, 3.63) is 69.0 Å². The number of tetrazole rings is 1. The predicted octanol–water partition coefficient (Wildman–Crippen LogP) is 4.60. The van der Waals surface area contributed by atoms with Crippen LogP contribution in [0.15, 0.2) is 51.8 Å². The van der Waals surface area contributed by atoms with Gasteiger partial charge in [0, 0.05) is 40.2 Å². The Kier molecular flexibility index (Phi) is 9.52. The third-order valence-electron chi connectivity index (χ3n) is 6.52. The summed E-state index contributed by atoms with van der Waals surface area (Å²) in [6.07, 6.45) is 2.46. The van der Waals surface area contributed by atoms with Crippen LogP contribution < -0.4 is 16.4 Å². The molecule has 0 spiro atoms. The van der Waals surface area contributed by atoms with Crippen molar-refractivity contribution in [2.45, 2.75) is 69.8 Å². The van der Waals surface area contributed by atoms with Gasteiger partial charge in [-0.25, -0.2) is 4.68 Å². The highest BCUT2D eigenvalue weighted by molar-refractivity contribution is 6.31. The van der Waals surface area contributed by atoms with Crippen LogP contribution in [-0.4, -0.2) is 53.4 Å². The Morgan fingerprint density at radius 3 is 2.71 bits per heavy atom. The highest BCUT2D eigenvalue weighted by Gasteiger charge is 2.44. The first-order chi connectivity index (χ1) is 19.3. The minimum absolute atomic E-state index is 0.119. The molecule has 4 N–H and O–H groups in total. The lowest BCUT2D eigenvalue weighted by atomic mass is 9.96. The second-order valence-electron chi connectivity index (χ2n) is 10.1. The largest absolute Gasteiger partial charge is 0.453 e. The number of nitrogens with zero attached hydrogens (tertiary/aromatic N) is 6. The fourth-order valence-corrected chi connectivity index (χ4v) is 5.68. The Balaban J connectivity index is 1.70. The predicted molar refractivity (Wildman–Crippen MR) is 149 cm³/mol. The fourth-order valence-electron chi connectivity index (χ4n) is 4.68. The van der Waals surface area contributed by atoms with Crippen molar-refractivity contribution in [1.82, 2.24) is 40.6 Å². The van der Waals surface area contributed by atoms with E-state index < -0.39 is 29.8 Å². The number of amides is 1. The van der Waals surface area contributed by atoms with Gasteiger partial charge in [-0.15, -0.1) is 16.7 Å². The number of hydrogen-bond acceptors (Lipinski definition) is 7. The zero-order valence-electron chi connectivity index (χ0n) is 22.3. The molecule has 0 aromatic carbocycles. The third-order valence-corrected chi connectivity index (χ3v) is 7.56. The average molecular weight is 635 g/mol. The molecule has 222 valence electrons. The summed E-state index contributed by atoms with van der Waals surface area (Å²) in [6, 6.07) is 1.06. The number of hydrogen-bond donors (Lipinski definition) is 3. The van der Waals surface area contributed by atoms with Gasteiger partial charge in [0.25, 0.3) is 11.7 Å². The second kappa shape index (κ2) is 12.6. The minimum Gasteiger partial charge on any atom is -0.405 e. The maximum Gasteiger partial charge on any atom is 0.453 e. The smallest absolute Gasteiger partial charge is 0.405 e. The lowest BCUT2D eigenvalue weighted by Gasteiger charge is -2.28. The number of nitrogens with two attached hydrogens (primary N) is 1. The summed E-state index contributed by atoms with van der Waals surface area (Å²) in [7, 11) is 0. The van der Waals surface area contributed by atoms with Gasteiger partial charge in [-0.3, -0.25) is 9.48 Å². The van der Waals surface area contributed by atoms with Crippen molar-refractivity contribution in [3.63, 3.8) is 0 Å². The van der Waals surface area contributed by atoms with Crippen LogP contribution in [0.2, 0.25) is 0 Å². The number of aromatic nitrogens is 6. The van der Waals surface area contributed by atoms with E-state index in [0.717, 1.165) is 5.57 Å². The Bertz CT molecular complexity index is 1410. The maximum absolute atomic E-state index is 13.7. The zero-order valence-corrected chi connectivity index (χ0v) is 24.6. The molecule has 2 aromatic heterocycles. The van der Waals surface area contributed by atoms with E-state index in [9.17, 15) is 18.0 Å². The summed E-state index contributed by atoms with van der Waals surface area (Å²) in [5, 5.41) is 20.9. The lowest BCUT2D eigenvalue weighted by molar-refractivity contribution is -0.147. The molecule has 0 saturated heterocycles. The number of allylic oxidation sites excluding steroid dienone is 5. The van der Waals surface area contributed by atoms with Crippen LogP contribution in [0.5, 0.6) is 0 Å². The summed E-state index contributed by atoms with van der Waals surface area (Å²) in [4.78, 5) is 13.7. The molecule has 4 atom stereocenters. The SMILES string of the molecule is CC(C)NC(C)C1=C(NC(=O)c2cc(Cn3nnnc3C(F)(F)F)nn2C2CC2/C(Cl)=C\C=C/N)C(Cl)CC(Cl)=C1. The fraction of sp³-hybridized carbons (Fsp3) is 0.480. The van der Waals surface area contributed by atoms with Gasteiger partial charge in [-0.05, 0) is 59.8 Å². The second-order valence-corrected chi connectivity index (χ2v) is 11.5. The molecule has 2 aliphatic rings. The maximum atomic E-state index is 13.7. The highest BCUT2D eigenvalue weighted by atomic mass is 35.5. The van der Waals surface area contributed by atoms with E-state index in [1.807, 2.05) is 20.8 Å². The van der Waals surface area contributed by atoms with Gasteiger partial charge in [0.05, 0.1) is 23.7 Å². The normalized spacial score (nSPS) is 22.4. The van der Waals surface area contributed by atoms with Gasteiger partial charge in [0.15, 0.2) is 0 Å². The van der Waals surface area contributed by atoms with Crippen LogP contribution in [0.1, 0.15) is 61.7 Å². The summed E-state index contributed by atoms with van der Waals surface area (Å²) >= 11 is 19.4. The molecule has 41 heavy (non-hydrogen) atoms. The summed E-state index contributed by atoms with van der Waals surface area (Å²) in [5.41, 5.74) is 6.88. The average Bonchev–Trinajstić information content (AvgIpc) is 3.32. The standard InChI is InChI=1S/C25H29Cl3F3N9O/c1-12(2)33-13(3)16-7-14(26)8-19(28)22(16)34-23(41)21-9-15(11-39-24(25(29,30)31)35-37-38-39)36-40(21)20-10-17(20)18(27)5-4-6-32/h4-7,9,12-13,17,19-20,33H,8,10-11,32H2,1-3H3,(H,34,41)/b6-4-,18-5+. The topological polar surface area (TPSA) is 129 Å². The van der Waals surface area contributed by atoms with Crippen molar-refractivity contribution < 1.29 is 18.0 Å². The van der Waals surface area contributed by atoms with E-state index in [1.54, 1.807) is 18.2 Å². The van der Waals surface area contributed by atoms with E-state index in [0.29, 0.717) is 33.3 Å². The molecule has 1 fully saturated rings. The molecule has 2 aliphatic carbocycles. The molecule has 16 heteroatoms. The number of carbonyl (C=O) groups is 1. The number of halogens is 6. The Morgan fingerprint density at radius 2 is 2.05 bits per heavy atom. The number of alkyl halides is 4. The summed E-state index contributed by atoms with van der Waals surface area (Å²) in [5.74, 6) is -1.97. The van der Waals surface area contributed by atoms with Gasteiger partial charge in [-0.1, -0.05) is 37.0 Å². The third kappa shape index (κ3) is 7.32. The van der Waals surface area contributed by atoms with E-state index in [4.69, 9.17) is 40.5 Å². The van der Waals surface area contributed by atoms with Gasteiger partial charge >= 0.3 is 6.18 Å². The molecule has 1 amide bonds. The first kappa shape index (κ1) is 31.1. The minimum atomic E-state index is -4.77. The van der Waals surface area contributed by atoms with Crippen molar-refractivity contribution in [3.8, 4) is 0 Å². The molecular weight excluding hydrogens is 606 g/mol. The lowest BCUT2D eigenvalue weighted by Crippen LogP contribution is -2.39. The van der Waals surface area contributed by atoms with E-state index in [-0.39, 0.29) is 35.4 Å². The van der Waals surface area contributed by atoms with Crippen LogP contribution in [0.4, 0.5) is 13.2 Å². The van der Waals surface area contributed by atoms with Crippen LogP contribution in [0.25, 0.3) is 0 Å². The van der Waals surface area contributed by atoms with Crippen LogP contribution >= 0.6 is 34.8 Å². The molecular formula is C25H29Cl3F3N9O. The highest BCUT2D eigenvalue weighted by Crippen LogP contribution is 2.50. The first-order valence-corrected chi connectivity index (χ1v) is 14.0. The zero-order chi connectivity index (χ0) is 30.1. The molecule has 2 aromatic rings. The number of nitrogens with one attached hydrogen (secondary N) is 2.